The van der Waals surface area contributed by atoms with E-state index in [1.165, 1.54) is 37.6 Å². The summed E-state index contributed by atoms with van der Waals surface area (Å²) < 4.78 is 23.4. The van der Waals surface area contributed by atoms with Crippen molar-refractivity contribution in [3.05, 3.63) is 53.7 Å². The Balaban J connectivity index is 2.51. The monoisotopic (exact) mass is 220 g/mol. The lowest BCUT2D eigenvalue weighted by Gasteiger charge is -2.06. The van der Waals surface area contributed by atoms with Gasteiger partial charge in [-0.15, -0.1) is 0 Å². The SMILES string of the molecule is COc1cccc(F)c1C(=O)c1ccco1. The molecule has 2 rings (SSSR count). The van der Waals surface area contributed by atoms with Crippen LogP contribution in [-0.4, -0.2) is 12.9 Å². The summed E-state index contributed by atoms with van der Waals surface area (Å²) in [5, 5.41) is 0. The molecule has 0 atom stereocenters. The second kappa shape index (κ2) is 4.18. The maximum Gasteiger partial charge on any atom is 0.234 e. The van der Waals surface area contributed by atoms with Gasteiger partial charge in [0.2, 0.25) is 5.78 Å². The van der Waals surface area contributed by atoms with E-state index in [0.29, 0.717) is 0 Å². The molecule has 0 spiro atoms. The van der Waals surface area contributed by atoms with E-state index in [2.05, 4.69) is 0 Å². The van der Waals surface area contributed by atoms with Gasteiger partial charge in [0.1, 0.15) is 17.1 Å². The fourth-order valence-electron chi connectivity index (χ4n) is 1.43. The molecule has 2 aromatic rings. The minimum atomic E-state index is -0.624. The third kappa shape index (κ3) is 1.69. The number of ketones is 1. The molecule has 0 aliphatic heterocycles. The molecule has 0 unspecified atom stereocenters. The van der Waals surface area contributed by atoms with E-state index in [1.54, 1.807) is 6.07 Å². The van der Waals surface area contributed by atoms with E-state index in [-0.39, 0.29) is 17.1 Å². The minimum Gasteiger partial charge on any atom is -0.496 e. The summed E-state index contributed by atoms with van der Waals surface area (Å²) >= 11 is 0. The molecule has 0 saturated carbocycles. The van der Waals surface area contributed by atoms with Crippen LogP contribution in [0.5, 0.6) is 5.75 Å². The number of methoxy groups -OCH3 is 1. The fraction of sp³-hybridized carbons (Fsp3) is 0.0833. The fourth-order valence-corrected chi connectivity index (χ4v) is 1.43. The lowest BCUT2D eigenvalue weighted by molar-refractivity contribution is 0.100. The Labute approximate surface area is 91.5 Å². The molecule has 0 bridgehead atoms. The smallest absolute Gasteiger partial charge is 0.234 e. The van der Waals surface area contributed by atoms with Gasteiger partial charge >= 0.3 is 0 Å². The molecule has 1 aromatic heterocycles. The van der Waals surface area contributed by atoms with Gasteiger partial charge in [-0.05, 0) is 24.3 Å². The molecule has 4 heteroatoms. The second-order valence-corrected chi connectivity index (χ2v) is 3.12. The highest BCUT2D eigenvalue weighted by Crippen LogP contribution is 2.24. The summed E-state index contributed by atoms with van der Waals surface area (Å²) in [6.07, 6.45) is 1.36. The zero-order valence-corrected chi connectivity index (χ0v) is 8.57. The highest BCUT2D eigenvalue weighted by molar-refractivity contribution is 6.09. The third-order valence-electron chi connectivity index (χ3n) is 2.17. The maximum atomic E-state index is 13.5. The van der Waals surface area contributed by atoms with Crippen molar-refractivity contribution in [2.45, 2.75) is 0 Å². The maximum absolute atomic E-state index is 13.5. The number of ether oxygens (including phenoxy) is 1. The van der Waals surface area contributed by atoms with Gasteiger partial charge in [-0.2, -0.15) is 0 Å². The molecule has 1 heterocycles. The summed E-state index contributed by atoms with van der Waals surface area (Å²) in [6, 6.07) is 7.26. The molecular formula is C12H9FO3. The quantitative estimate of drug-likeness (QED) is 0.746. The Morgan fingerprint density at radius 3 is 2.75 bits per heavy atom. The lowest BCUT2D eigenvalue weighted by atomic mass is 10.1. The van der Waals surface area contributed by atoms with Gasteiger partial charge in [0, 0.05) is 0 Å². The summed E-state index contributed by atoms with van der Waals surface area (Å²) in [6.45, 7) is 0. The first-order valence-corrected chi connectivity index (χ1v) is 4.64. The van der Waals surface area contributed by atoms with Crippen molar-refractivity contribution in [1.82, 2.24) is 0 Å². The van der Waals surface area contributed by atoms with Crippen LogP contribution >= 0.6 is 0 Å². The van der Waals surface area contributed by atoms with Crippen LogP contribution in [0.25, 0.3) is 0 Å². The molecule has 0 aliphatic rings. The lowest BCUT2D eigenvalue weighted by Crippen LogP contribution is -2.05. The van der Waals surface area contributed by atoms with Crippen molar-refractivity contribution in [2.75, 3.05) is 7.11 Å². The Morgan fingerprint density at radius 2 is 2.12 bits per heavy atom. The zero-order chi connectivity index (χ0) is 11.5. The van der Waals surface area contributed by atoms with Gasteiger partial charge in [0.05, 0.1) is 13.4 Å². The van der Waals surface area contributed by atoms with Crippen LogP contribution in [0.1, 0.15) is 16.1 Å². The molecule has 0 amide bonds. The number of carbonyl (C=O) groups excluding carboxylic acids is 1. The van der Waals surface area contributed by atoms with Crippen LogP contribution in [0.3, 0.4) is 0 Å². The van der Waals surface area contributed by atoms with Crippen LogP contribution < -0.4 is 4.74 Å². The first kappa shape index (κ1) is 10.4. The Bertz CT molecular complexity index is 503. The molecule has 0 N–H and O–H groups in total. The first-order chi connectivity index (χ1) is 7.74. The van der Waals surface area contributed by atoms with Gasteiger partial charge in [-0.1, -0.05) is 6.07 Å². The topological polar surface area (TPSA) is 39.4 Å². The number of halogens is 1. The summed E-state index contributed by atoms with van der Waals surface area (Å²) in [7, 11) is 1.38. The largest absolute Gasteiger partial charge is 0.496 e. The van der Waals surface area contributed by atoms with Crippen molar-refractivity contribution in [3.63, 3.8) is 0 Å². The summed E-state index contributed by atoms with van der Waals surface area (Å²) in [5.41, 5.74) is -0.111. The van der Waals surface area contributed by atoms with E-state index >= 15 is 0 Å². The highest BCUT2D eigenvalue weighted by Gasteiger charge is 2.20. The number of hydrogen-bond acceptors (Lipinski definition) is 3. The molecular weight excluding hydrogens is 211 g/mol. The van der Waals surface area contributed by atoms with Crippen LogP contribution in [0.2, 0.25) is 0 Å². The standard InChI is InChI=1S/C12H9FO3/c1-15-9-5-2-4-8(13)11(9)12(14)10-6-3-7-16-10/h2-7H,1H3. The predicted molar refractivity (Wildman–Crippen MR) is 55.1 cm³/mol. The van der Waals surface area contributed by atoms with Crippen LogP contribution in [0.4, 0.5) is 4.39 Å². The molecule has 82 valence electrons. The Morgan fingerprint density at radius 1 is 1.31 bits per heavy atom. The molecule has 0 fully saturated rings. The van der Waals surface area contributed by atoms with E-state index < -0.39 is 11.6 Å². The number of carbonyl (C=O) groups is 1. The molecule has 0 radical (unpaired) electrons. The summed E-state index contributed by atoms with van der Waals surface area (Å²) in [4.78, 5) is 11.9. The normalized spacial score (nSPS) is 10.1. The number of furan rings is 1. The van der Waals surface area contributed by atoms with Gasteiger partial charge in [0.15, 0.2) is 5.76 Å². The van der Waals surface area contributed by atoms with Crippen molar-refractivity contribution < 1.29 is 18.3 Å². The van der Waals surface area contributed by atoms with E-state index in [1.807, 2.05) is 0 Å². The average molecular weight is 220 g/mol. The number of rotatable bonds is 3. The van der Waals surface area contributed by atoms with E-state index in [0.717, 1.165) is 0 Å². The van der Waals surface area contributed by atoms with Crippen LogP contribution in [-0.2, 0) is 0 Å². The van der Waals surface area contributed by atoms with Crippen LogP contribution in [0.15, 0.2) is 41.0 Å². The van der Waals surface area contributed by atoms with Crippen molar-refractivity contribution in [2.24, 2.45) is 0 Å². The van der Waals surface area contributed by atoms with Gasteiger partial charge in [0.25, 0.3) is 0 Å². The van der Waals surface area contributed by atoms with Crippen molar-refractivity contribution in [1.29, 1.82) is 0 Å². The second-order valence-electron chi connectivity index (χ2n) is 3.12. The predicted octanol–water partition coefficient (Wildman–Crippen LogP) is 2.66. The van der Waals surface area contributed by atoms with Gasteiger partial charge in [-0.25, -0.2) is 4.39 Å². The first-order valence-electron chi connectivity index (χ1n) is 4.64. The van der Waals surface area contributed by atoms with Crippen LogP contribution in [0, 0.1) is 5.82 Å². The van der Waals surface area contributed by atoms with Gasteiger partial charge in [-0.3, -0.25) is 4.79 Å². The molecule has 0 aliphatic carbocycles. The van der Waals surface area contributed by atoms with Crippen molar-refractivity contribution in [3.8, 4) is 5.75 Å². The molecule has 1 aromatic carbocycles. The number of benzene rings is 1. The minimum absolute atomic E-state index is 0.0865. The molecule has 0 saturated heterocycles. The number of hydrogen-bond donors (Lipinski definition) is 0. The molecule has 3 nitrogen and oxygen atoms in total. The highest BCUT2D eigenvalue weighted by atomic mass is 19.1. The van der Waals surface area contributed by atoms with E-state index in [4.69, 9.17) is 9.15 Å². The average Bonchev–Trinajstić information content (AvgIpc) is 2.81. The van der Waals surface area contributed by atoms with Crippen molar-refractivity contribution >= 4 is 5.78 Å². The van der Waals surface area contributed by atoms with E-state index in [9.17, 15) is 9.18 Å². The van der Waals surface area contributed by atoms with Gasteiger partial charge < -0.3 is 9.15 Å². The Hall–Kier alpha value is -2.10. The third-order valence-corrected chi connectivity index (χ3v) is 2.17. The zero-order valence-electron chi connectivity index (χ0n) is 8.57. The molecule has 16 heavy (non-hydrogen) atoms. The summed E-state index contributed by atoms with van der Waals surface area (Å²) in [5.74, 6) is -0.870. The Kier molecular flexibility index (Phi) is 2.72.